The molecule has 0 atom stereocenters. The van der Waals surface area contributed by atoms with Crippen LogP contribution in [0.2, 0.25) is 0 Å². The SMILES string of the molecule is CC(C)Oc1ccc(-n2c(=O)ccc3cc(C(=O)N4CCCC4)[nH]c32)cc1. The van der Waals surface area contributed by atoms with Crippen molar-refractivity contribution in [1.29, 1.82) is 0 Å². The highest BCUT2D eigenvalue weighted by molar-refractivity contribution is 5.97. The van der Waals surface area contributed by atoms with Gasteiger partial charge in [0.1, 0.15) is 17.1 Å². The van der Waals surface area contributed by atoms with Gasteiger partial charge in [-0.3, -0.25) is 14.2 Å². The van der Waals surface area contributed by atoms with E-state index in [9.17, 15) is 9.59 Å². The molecule has 140 valence electrons. The van der Waals surface area contributed by atoms with Crippen LogP contribution in [-0.4, -0.2) is 39.6 Å². The molecule has 3 aromatic rings. The maximum atomic E-state index is 12.7. The van der Waals surface area contributed by atoms with Crippen molar-refractivity contribution in [2.75, 3.05) is 13.1 Å². The van der Waals surface area contributed by atoms with Crippen molar-refractivity contribution in [3.63, 3.8) is 0 Å². The number of aromatic amines is 1. The molecule has 6 nitrogen and oxygen atoms in total. The zero-order valence-electron chi connectivity index (χ0n) is 15.6. The summed E-state index contributed by atoms with van der Waals surface area (Å²) >= 11 is 0. The van der Waals surface area contributed by atoms with Gasteiger partial charge in [0.15, 0.2) is 0 Å². The normalized spacial score (nSPS) is 14.3. The summed E-state index contributed by atoms with van der Waals surface area (Å²) in [5.74, 6) is 0.744. The van der Waals surface area contributed by atoms with E-state index in [1.807, 2.05) is 49.1 Å². The Balaban J connectivity index is 1.75. The molecule has 4 rings (SSSR count). The molecule has 1 aliphatic heterocycles. The van der Waals surface area contributed by atoms with Crippen LogP contribution in [0.25, 0.3) is 16.7 Å². The monoisotopic (exact) mass is 365 g/mol. The number of benzene rings is 1. The summed E-state index contributed by atoms with van der Waals surface area (Å²) in [6.07, 6.45) is 2.17. The minimum Gasteiger partial charge on any atom is -0.491 e. The van der Waals surface area contributed by atoms with Gasteiger partial charge in [0, 0.05) is 24.5 Å². The summed E-state index contributed by atoms with van der Waals surface area (Å²) in [5, 5.41) is 0.833. The smallest absolute Gasteiger partial charge is 0.270 e. The Hall–Kier alpha value is -3.02. The number of hydrogen-bond acceptors (Lipinski definition) is 3. The fourth-order valence-corrected chi connectivity index (χ4v) is 3.53. The highest BCUT2D eigenvalue weighted by Crippen LogP contribution is 2.22. The van der Waals surface area contributed by atoms with Crippen molar-refractivity contribution in [2.45, 2.75) is 32.8 Å². The first kappa shape index (κ1) is 17.4. The number of carbonyl (C=O) groups is 1. The molecule has 1 N–H and O–H groups in total. The Labute approximate surface area is 157 Å². The van der Waals surface area contributed by atoms with Crippen molar-refractivity contribution in [2.24, 2.45) is 0 Å². The average Bonchev–Trinajstić information content (AvgIpc) is 3.31. The van der Waals surface area contributed by atoms with Crippen molar-refractivity contribution in [1.82, 2.24) is 14.5 Å². The molecule has 0 saturated carbocycles. The highest BCUT2D eigenvalue weighted by Gasteiger charge is 2.21. The number of H-pyrrole nitrogens is 1. The van der Waals surface area contributed by atoms with Crippen LogP contribution in [0.15, 0.2) is 47.3 Å². The van der Waals surface area contributed by atoms with E-state index in [0.29, 0.717) is 11.3 Å². The number of carbonyl (C=O) groups excluding carboxylic acids is 1. The van der Waals surface area contributed by atoms with Crippen molar-refractivity contribution in [3.05, 3.63) is 58.5 Å². The molecular weight excluding hydrogens is 342 g/mol. The standard InChI is InChI=1S/C21H23N3O3/c1-14(2)27-17-8-6-16(7-9-17)24-19(25)10-5-15-13-18(22-20(15)24)21(26)23-11-3-4-12-23/h5-10,13-14,22H,3-4,11-12H2,1-2H3. The number of pyridine rings is 1. The topological polar surface area (TPSA) is 67.3 Å². The molecule has 1 saturated heterocycles. The number of nitrogens with one attached hydrogen (secondary N) is 1. The number of fused-ring (bicyclic) bond motifs is 1. The van der Waals surface area contributed by atoms with Gasteiger partial charge in [0.05, 0.1) is 11.8 Å². The van der Waals surface area contributed by atoms with Crippen molar-refractivity contribution < 1.29 is 9.53 Å². The highest BCUT2D eigenvalue weighted by atomic mass is 16.5. The first-order valence-corrected chi connectivity index (χ1v) is 9.34. The third-order valence-electron chi connectivity index (χ3n) is 4.77. The average molecular weight is 365 g/mol. The predicted octanol–water partition coefficient (Wildman–Crippen LogP) is 3.34. The van der Waals surface area contributed by atoms with Crippen LogP contribution in [-0.2, 0) is 0 Å². The Kier molecular flexibility index (Phi) is 4.48. The first-order chi connectivity index (χ1) is 13.0. The van der Waals surface area contributed by atoms with Gasteiger partial charge >= 0.3 is 0 Å². The molecule has 27 heavy (non-hydrogen) atoms. The minimum atomic E-state index is -0.151. The molecule has 0 unspecified atom stereocenters. The van der Waals surface area contributed by atoms with Crippen LogP contribution < -0.4 is 10.3 Å². The molecule has 1 aromatic carbocycles. The molecule has 1 fully saturated rings. The molecule has 0 spiro atoms. The number of rotatable bonds is 4. The number of likely N-dealkylation sites (tertiary alicyclic amines) is 1. The second-order valence-electron chi connectivity index (χ2n) is 7.15. The summed E-state index contributed by atoms with van der Waals surface area (Å²) in [6, 6.07) is 12.5. The Morgan fingerprint density at radius 2 is 1.78 bits per heavy atom. The zero-order valence-corrected chi connectivity index (χ0v) is 15.6. The predicted molar refractivity (Wildman–Crippen MR) is 105 cm³/mol. The lowest BCUT2D eigenvalue weighted by Crippen LogP contribution is -2.27. The number of ether oxygens (including phenoxy) is 1. The summed E-state index contributed by atoms with van der Waals surface area (Å²) in [4.78, 5) is 30.3. The van der Waals surface area contributed by atoms with Crippen LogP contribution >= 0.6 is 0 Å². The van der Waals surface area contributed by atoms with Crippen LogP contribution in [0, 0.1) is 0 Å². The van der Waals surface area contributed by atoms with E-state index in [1.54, 1.807) is 10.6 Å². The van der Waals surface area contributed by atoms with Gasteiger partial charge in [-0.25, -0.2) is 0 Å². The van der Waals surface area contributed by atoms with E-state index < -0.39 is 0 Å². The van der Waals surface area contributed by atoms with E-state index in [1.165, 1.54) is 6.07 Å². The zero-order chi connectivity index (χ0) is 19.0. The van der Waals surface area contributed by atoms with Crippen LogP contribution in [0.4, 0.5) is 0 Å². The molecule has 0 bridgehead atoms. The number of amides is 1. The quantitative estimate of drug-likeness (QED) is 0.771. The molecule has 6 heteroatoms. The van der Waals surface area contributed by atoms with Gasteiger partial charge in [-0.2, -0.15) is 0 Å². The fourth-order valence-electron chi connectivity index (χ4n) is 3.53. The van der Waals surface area contributed by atoms with Crippen LogP contribution in [0.5, 0.6) is 5.75 Å². The molecule has 3 heterocycles. The van der Waals surface area contributed by atoms with Gasteiger partial charge in [0.25, 0.3) is 11.5 Å². The van der Waals surface area contributed by atoms with E-state index in [4.69, 9.17) is 4.74 Å². The molecule has 2 aromatic heterocycles. The summed E-state index contributed by atoms with van der Waals surface area (Å²) in [5.41, 5.74) is 1.72. The van der Waals surface area contributed by atoms with E-state index in [2.05, 4.69) is 4.98 Å². The number of nitrogens with zero attached hydrogens (tertiary/aromatic N) is 2. The largest absolute Gasteiger partial charge is 0.491 e. The summed E-state index contributed by atoms with van der Waals surface area (Å²) in [7, 11) is 0. The van der Waals surface area contributed by atoms with Gasteiger partial charge in [0.2, 0.25) is 0 Å². The molecule has 0 aliphatic carbocycles. The summed E-state index contributed by atoms with van der Waals surface area (Å²) in [6.45, 7) is 5.52. The van der Waals surface area contributed by atoms with Crippen molar-refractivity contribution in [3.8, 4) is 11.4 Å². The lowest BCUT2D eigenvalue weighted by molar-refractivity contribution is 0.0788. The summed E-state index contributed by atoms with van der Waals surface area (Å²) < 4.78 is 7.26. The third-order valence-corrected chi connectivity index (χ3v) is 4.77. The lowest BCUT2D eigenvalue weighted by Gasteiger charge is -2.13. The van der Waals surface area contributed by atoms with Crippen LogP contribution in [0.1, 0.15) is 37.2 Å². The molecule has 1 aliphatic rings. The molecule has 1 amide bonds. The Morgan fingerprint density at radius 1 is 1.07 bits per heavy atom. The molecular formula is C21H23N3O3. The minimum absolute atomic E-state index is 0.0108. The number of aromatic nitrogens is 2. The lowest BCUT2D eigenvalue weighted by atomic mass is 10.2. The maximum absolute atomic E-state index is 12.7. The first-order valence-electron chi connectivity index (χ1n) is 9.34. The Morgan fingerprint density at radius 3 is 2.44 bits per heavy atom. The second-order valence-corrected chi connectivity index (χ2v) is 7.15. The van der Waals surface area contributed by atoms with Crippen molar-refractivity contribution >= 4 is 16.9 Å². The maximum Gasteiger partial charge on any atom is 0.270 e. The van der Waals surface area contributed by atoms with E-state index in [0.717, 1.165) is 42.8 Å². The van der Waals surface area contributed by atoms with Gasteiger partial charge in [-0.05, 0) is 63.1 Å². The fraction of sp³-hybridized carbons (Fsp3) is 0.333. The van der Waals surface area contributed by atoms with E-state index in [-0.39, 0.29) is 17.6 Å². The second kappa shape index (κ2) is 6.95. The van der Waals surface area contributed by atoms with Gasteiger partial charge in [-0.15, -0.1) is 0 Å². The third kappa shape index (κ3) is 3.35. The van der Waals surface area contributed by atoms with Crippen LogP contribution in [0.3, 0.4) is 0 Å². The van der Waals surface area contributed by atoms with Gasteiger partial charge in [-0.1, -0.05) is 0 Å². The van der Waals surface area contributed by atoms with Gasteiger partial charge < -0.3 is 14.6 Å². The Bertz CT molecular complexity index is 1030. The number of hydrogen-bond donors (Lipinski definition) is 1. The van der Waals surface area contributed by atoms with E-state index >= 15 is 0 Å². The molecule has 0 radical (unpaired) electrons.